The molecule has 90 heavy (non-hydrogen) atoms. The van der Waals surface area contributed by atoms with Crippen molar-refractivity contribution in [1.82, 2.24) is 9.97 Å². The number of ether oxygens (including phenoxy) is 5. The maximum Gasteiger partial charge on any atom is 2.00 e. The molecule has 6 aromatic carbocycles. The van der Waals surface area contributed by atoms with E-state index in [4.69, 9.17) is 43.6 Å². The number of esters is 1. The van der Waals surface area contributed by atoms with E-state index in [9.17, 15) is 45.3 Å². The number of allylic oxidation sites excluding steroid dienone is 2. The van der Waals surface area contributed by atoms with Crippen LogP contribution >= 0.6 is 0 Å². The van der Waals surface area contributed by atoms with E-state index in [1.807, 2.05) is 79.7 Å². The van der Waals surface area contributed by atoms with Crippen LogP contribution in [0.1, 0.15) is 89.2 Å². The quantitative estimate of drug-likeness (QED) is 0.0354. The molecule has 0 unspecified atom stereocenters. The number of carbonyl (C=O) groups excluding carboxylic acids is 1. The third-order valence-corrected chi connectivity index (χ3v) is 14.5. The molecule has 0 bridgehead atoms. The Morgan fingerprint density at radius 3 is 1.40 bits per heavy atom. The monoisotopic (exact) mass is 1260 g/mol. The van der Waals surface area contributed by atoms with Crippen molar-refractivity contribution >= 4 is 51.7 Å². The number of nitro benzene ring substituents is 4. The van der Waals surface area contributed by atoms with E-state index >= 15 is 0 Å². The van der Waals surface area contributed by atoms with Crippen LogP contribution in [-0.2, 0) is 35.4 Å². The van der Waals surface area contributed by atoms with Gasteiger partial charge in [0.1, 0.15) is 28.6 Å². The Bertz CT molecular complexity index is 4350. The molecule has 0 atom stereocenters. The van der Waals surface area contributed by atoms with E-state index in [1.165, 1.54) is 84.9 Å². The smallest absolute Gasteiger partial charge is 0.626 e. The fraction of sp³-hybridized carbons (Fsp3) is 0.179. The van der Waals surface area contributed by atoms with Crippen molar-refractivity contribution in [2.45, 2.75) is 75.7 Å². The van der Waals surface area contributed by atoms with Crippen molar-refractivity contribution in [3.63, 3.8) is 0 Å². The van der Waals surface area contributed by atoms with E-state index in [0.717, 1.165) is 61.2 Å². The average molecular weight is 1260 g/mol. The molecule has 22 nitrogen and oxygen atoms in total. The molecule has 0 amide bonds. The molecule has 2 aliphatic heterocycles. The molecule has 2 aliphatic rings. The molecule has 0 N–H and O–H groups in total. The standard InChI is InChI=1S/C34H30N4O8.C33H29N4O6.Zn/c1-6-44-34(39)29-22(5)32(36-33(29)46-26-15-11-24(12-16-26)38(42)43)30(27-17-19(2)7-8-20(27)3)31-21(4)18-28(35-31)45-25-13-9-23(10-14-25)37(40)41;1-6-27-22(5)32(35-33(27)43-26-15-11-24(12-16-26)37(40)41)30(28-17-19(2)7-8-20(28)3)31-21(4)18-29(34-31)42-25-13-9-23(10-14-25)36(38)39;/h7-18H,6H2,1-5H3,(H,35,36,39);7-18H,6H2,1-5H3;/q;-1;+2/p-1/b;31-30-;. The van der Waals surface area contributed by atoms with Gasteiger partial charge in [-0.25, -0.2) is 14.8 Å². The van der Waals surface area contributed by atoms with Crippen LogP contribution in [-0.4, -0.2) is 44.1 Å². The first-order chi connectivity index (χ1) is 42.5. The molecule has 0 saturated carbocycles. The first kappa shape index (κ1) is 65.1. The minimum Gasteiger partial charge on any atom is -0.626 e. The zero-order valence-electron chi connectivity index (χ0n) is 50.8. The fourth-order valence-corrected chi connectivity index (χ4v) is 9.91. The summed E-state index contributed by atoms with van der Waals surface area (Å²) in [7, 11) is 0. The number of rotatable bonds is 17. The summed E-state index contributed by atoms with van der Waals surface area (Å²) in [6, 6.07) is 36.8. The maximum atomic E-state index is 13.3. The largest absolute Gasteiger partial charge is 2.00 e. The number of aliphatic imine (C=N–C) groups is 2. The molecule has 0 spiro atoms. The van der Waals surface area contributed by atoms with Gasteiger partial charge in [0.05, 0.1) is 37.7 Å². The second-order valence-electron chi connectivity index (χ2n) is 20.8. The van der Waals surface area contributed by atoms with Crippen molar-refractivity contribution < 1.29 is 67.7 Å². The van der Waals surface area contributed by atoms with E-state index in [1.54, 1.807) is 32.0 Å². The van der Waals surface area contributed by atoms with E-state index in [2.05, 4.69) is 18.2 Å². The molecule has 2 aromatic heterocycles. The second kappa shape index (κ2) is 27.8. The molecule has 0 fully saturated rings. The summed E-state index contributed by atoms with van der Waals surface area (Å²) in [6.45, 7) is 19.4. The SMILES string of the molecule is CCOC(=O)C1=C(C)/C(=C(\c2cc(C)ccc2C)c2[n-]c(Oc3ccc([N+](=O)[O-])cc3)cc2C)N=C1Oc1ccc([N+](=O)[O-])cc1.CCc1c(Oc2ccc([N+](=O)[O-])cc2)[n-]c(/C(=C2\N=C(Oc3ccc([N+](=O)[O-])cc3)C=C2C)c2cc(C)ccc2C)c1C.[Zn+2]. The number of hydrogen-bond donors (Lipinski definition) is 0. The summed E-state index contributed by atoms with van der Waals surface area (Å²) in [6.07, 6.45) is 2.48. The number of benzene rings is 6. The molecule has 23 heteroatoms. The summed E-state index contributed by atoms with van der Waals surface area (Å²) in [5.41, 5.74) is 13.5. The normalized spacial score (nSPS) is 13.6. The molecule has 4 heterocycles. The van der Waals surface area contributed by atoms with E-state index < -0.39 is 25.7 Å². The number of aryl methyl sites for hydroxylation is 5. The van der Waals surface area contributed by atoms with Gasteiger partial charge in [-0.1, -0.05) is 65.6 Å². The molecule has 0 saturated heterocycles. The zero-order valence-corrected chi connectivity index (χ0v) is 53.7. The molecular formula is C67H58N8O14Zn. The Balaban J connectivity index is 0.000000230. The fourth-order valence-electron chi connectivity index (χ4n) is 9.91. The molecule has 452 valence electrons. The van der Waals surface area contributed by atoms with Crippen LogP contribution < -0.4 is 28.9 Å². The van der Waals surface area contributed by atoms with Crippen molar-refractivity contribution in [1.29, 1.82) is 0 Å². The number of hydrogen-bond acceptors (Lipinski definition) is 16. The molecule has 0 aliphatic carbocycles. The van der Waals surface area contributed by atoms with Gasteiger partial charge >= 0.3 is 25.4 Å². The Morgan fingerprint density at radius 1 is 0.500 bits per heavy atom. The van der Waals surface area contributed by atoms with E-state index in [0.29, 0.717) is 69.4 Å². The first-order valence-electron chi connectivity index (χ1n) is 27.9. The van der Waals surface area contributed by atoms with Crippen LogP contribution in [0.5, 0.6) is 34.8 Å². The Hall–Kier alpha value is -10.9. The Morgan fingerprint density at radius 2 is 0.944 bits per heavy atom. The van der Waals surface area contributed by atoms with Gasteiger partial charge < -0.3 is 33.7 Å². The Labute approximate surface area is 529 Å². The van der Waals surface area contributed by atoms with Gasteiger partial charge in [-0.05, 0) is 173 Å². The summed E-state index contributed by atoms with van der Waals surface area (Å²) in [5, 5.41) is 44.4. The third kappa shape index (κ3) is 14.4. The number of nitrogens with zero attached hydrogens (tertiary/aromatic N) is 8. The van der Waals surface area contributed by atoms with Crippen LogP contribution in [0.25, 0.3) is 11.1 Å². The van der Waals surface area contributed by atoms with Crippen LogP contribution in [0, 0.1) is 82.0 Å². The minimum absolute atomic E-state index is 0. The number of nitro groups is 4. The number of non-ortho nitro benzene ring substituents is 4. The first-order valence-corrected chi connectivity index (χ1v) is 27.9. The van der Waals surface area contributed by atoms with Gasteiger partial charge in [-0.15, -0.1) is 11.4 Å². The van der Waals surface area contributed by atoms with Crippen molar-refractivity contribution in [3.05, 3.63) is 276 Å². The molecule has 8 aromatic rings. The average Bonchev–Trinajstić information content (AvgIpc) is 1.61. The van der Waals surface area contributed by atoms with Crippen molar-refractivity contribution in [2.75, 3.05) is 6.61 Å². The topological polar surface area (TPSA) is 289 Å². The van der Waals surface area contributed by atoms with Crippen LogP contribution in [0.15, 0.2) is 184 Å². The van der Waals surface area contributed by atoms with Gasteiger partial charge in [0.2, 0.25) is 11.8 Å². The summed E-state index contributed by atoms with van der Waals surface area (Å²) < 4.78 is 29.6. The summed E-state index contributed by atoms with van der Waals surface area (Å²) >= 11 is 0. The molecular weight excluding hydrogens is 1210 g/mol. The van der Waals surface area contributed by atoms with Gasteiger partial charge in [0, 0.05) is 66.4 Å². The molecule has 10 rings (SSSR count). The van der Waals surface area contributed by atoms with Crippen molar-refractivity contribution in [3.8, 4) is 34.8 Å². The number of aromatic nitrogens is 2. The van der Waals surface area contributed by atoms with Gasteiger partial charge in [-0.2, -0.15) is 0 Å². The van der Waals surface area contributed by atoms with Crippen LogP contribution in [0.2, 0.25) is 0 Å². The maximum absolute atomic E-state index is 13.3. The number of carbonyl (C=O) groups is 1. The third-order valence-electron chi connectivity index (χ3n) is 14.5. The van der Waals surface area contributed by atoms with Crippen molar-refractivity contribution in [2.24, 2.45) is 9.98 Å². The van der Waals surface area contributed by atoms with Gasteiger partial charge in [0.15, 0.2) is 0 Å². The molecule has 0 radical (unpaired) electrons. The summed E-state index contributed by atoms with van der Waals surface area (Å²) in [4.78, 5) is 75.2. The van der Waals surface area contributed by atoms with Gasteiger partial charge in [0.25, 0.3) is 22.7 Å². The predicted octanol–water partition coefficient (Wildman–Crippen LogP) is 15.2. The van der Waals surface area contributed by atoms with Gasteiger partial charge in [-0.3, -0.25) is 40.5 Å². The summed E-state index contributed by atoms with van der Waals surface area (Å²) in [5.74, 6) is 1.88. The van der Waals surface area contributed by atoms with Crippen LogP contribution in [0.3, 0.4) is 0 Å². The van der Waals surface area contributed by atoms with Crippen LogP contribution in [0.4, 0.5) is 22.7 Å². The predicted molar refractivity (Wildman–Crippen MR) is 334 cm³/mol. The van der Waals surface area contributed by atoms with E-state index in [-0.39, 0.29) is 71.9 Å². The zero-order chi connectivity index (χ0) is 64.0. The minimum atomic E-state index is -0.634. The Kier molecular flexibility index (Phi) is 20.1. The second-order valence-corrected chi connectivity index (χ2v) is 20.8.